The lowest BCUT2D eigenvalue weighted by atomic mass is 10.0. The van der Waals surface area contributed by atoms with Crippen molar-refractivity contribution in [3.63, 3.8) is 0 Å². The highest BCUT2D eigenvalue weighted by molar-refractivity contribution is 6.42. The summed E-state index contributed by atoms with van der Waals surface area (Å²) in [6.45, 7) is 2.09. The van der Waals surface area contributed by atoms with Crippen molar-refractivity contribution in [3.05, 3.63) is 69.7 Å². The lowest BCUT2D eigenvalue weighted by Crippen LogP contribution is -2.43. The van der Waals surface area contributed by atoms with Gasteiger partial charge in [0.15, 0.2) is 6.29 Å². The predicted molar refractivity (Wildman–Crippen MR) is 138 cm³/mol. The number of halogens is 2. The van der Waals surface area contributed by atoms with Crippen LogP contribution in [0.25, 0.3) is 0 Å². The van der Waals surface area contributed by atoms with Gasteiger partial charge in [-0.05, 0) is 48.9 Å². The molecule has 0 aliphatic carbocycles. The van der Waals surface area contributed by atoms with Crippen molar-refractivity contribution in [2.24, 2.45) is 0 Å². The highest BCUT2D eigenvalue weighted by Crippen LogP contribution is 2.29. The molecular formula is C27H34Cl2N2O4. The molecule has 1 N–H and O–H groups in total. The van der Waals surface area contributed by atoms with Crippen LogP contribution >= 0.6 is 23.2 Å². The van der Waals surface area contributed by atoms with Gasteiger partial charge in [-0.25, -0.2) is 0 Å². The third-order valence-corrected chi connectivity index (χ3v) is 7.71. The molecule has 2 saturated heterocycles. The predicted octanol–water partition coefficient (Wildman–Crippen LogP) is 4.71. The maximum absolute atomic E-state index is 13.3. The number of carbonyl (C=O) groups excluding carboxylic acids is 1. The van der Waals surface area contributed by atoms with E-state index in [0.29, 0.717) is 23.1 Å². The van der Waals surface area contributed by atoms with E-state index in [9.17, 15) is 9.90 Å². The van der Waals surface area contributed by atoms with Crippen molar-refractivity contribution in [1.82, 2.24) is 9.80 Å². The number of nitrogens with zero attached hydrogens (tertiary/aromatic N) is 2. The molecule has 35 heavy (non-hydrogen) atoms. The van der Waals surface area contributed by atoms with Crippen LogP contribution in [-0.4, -0.2) is 72.6 Å². The first-order chi connectivity index (χ1) is 16.9. The third-order valence-electron chi connectivity index (χ3n) is 6.97. The van der Waals surface area contributed by atoms with Gasteiger partial charge >= 0.3 is 0 Å². The Labute approximate surface area is 217 Å². The van der Waals surface area contributed by atoms with Crippen LogP contribution in [0.15, 0.2) is 48.5 Å². The third kappa shape index (κ3) is 6.97. The number of aliphatic hydroxyl groups is 1. The Morgan fingerprint density at radius 2 is 2.00 bits per heavy atom. The van der Waals surface area contributed by atoms with Crippen molar-refractivity contribution < 1.29 is 19.4 Å². The second kappa shape index (κ2) is 12.5. The molecule has 0 spiro atoms. The van der Waals surface area contributed by atoms with E-state index in [0.717, 1.165) is 43.4 Å². The van der Waals surface area contributed by atoms with Crippen LogP contribution in [0, 0.1) is 0 Å². The molecule has 2 heterocycles. The minimum atomic E-state index is -0.176. The Kier molecular flexibility index (Phi) is 9.45. The fraction of sp³-hybridized carbons (Fsp3) is 0.519. The fourth-order valence-corrected chi connectivity index (χ4v) is 5.28. The highest BCUT2D eigenvalue weighted by Gasteiger charge is 2.36. The van der Waals surface area contributed by atoms with Gasteiger partial charge in [-0.2, -0.15) is 0 Å². The standard InChI is InChI=1S/C27H34Cl2N2O4/c1-30(26(33)14-19-10-11-23(28)24(29)13-19)25(20-7-3-2-4-8-20)17-31-16-22(15-21(31)18-32)35-27-9-5-6-12-34-27/h2-4,7-8,10-11,13,21-22,25,27,32H,5-6,9,12,14-18H2,1H3/t21-,22?,25+,27?/m0/s1. The first-order valence-electron chi connectivity index (χ1n) is 12.3. The summed E-state index contributed by atoms with van der Waals surface area (Å²) < 4.78 is 12.0. The second-order valence-corrected chi connectivity index (χ2v) is 10.3. The summed E-state index contributed by atoms with van der Waals surface area (Å²) in [5.41, 5.74) is 1.87. The van der Waals surface area contributed by atoms with Gasteiger partial charge in [0.05, 0.1) is 35.2 Å². The lowest BCUT2D eigenvalue weighted by Gasteiger charge is -2.34. The van der Waals surface area contributed by atoms with Gasteiger partial charge in [0.1, 0.15) is 0 Å². The van der Waals surface area contributed by atoms with Gasteiger partial charge < -0.3 is 19.5 Å². The molecule has 2 aliphatic heterocycles. The van der Waals surface area contributed by atoms with E-state index in [4.69, 9.17) is 32.7 Å². The summed E-state index contributed by atoms with van der Waals surface area (Å²) in [4.78, 5) is 17.4. The van der Waals surface area contributed by atoms with E-state index < -0.39 is 0 Å². The van der Waals surface area contributed by atoms with E-state index in [1.807, 2.05) is 43.4 Å². The van der Waals surface area contributed by atoms with Crippen LogP contribution in [-0.2, 0) is 20.7 Å². The van der Waals surface area contributed by atoms with Crippen LogP contribution in [0.3, 0.4) is 0 Å². The van der Waals surface area contributed by atoms with Crippen LogP contribution in [0.2, 0.25) is 10.0 Å². The molecular weight excluding hydrogens is 487 g/mol. The van der Waals surface area contributed by atoms with Gasteiger partial charge in [-0.3, -0.25) is 9.69 Å². The molecule has 0 bridgehead atoms. The zero-order valence-electron chi connectivity index (χ0n) is 20.1. The van der Waals surface area contributed by atoms with Crippen LogP contribution in [0.1, 0.15) is 42.9 Å². The minimum Gasteiger partial charge on any atom is -0.395 e. The molecule has 8 heteroatoms. The summed E-state index contributed by atoms with van der Waals surface area (Å²) >= 11 is 12.2. The van der Waals surface area contributed by atoms with E-state index in [-0.39, 0.29) is 43.4 Å². The van der Waals surface area contributed by atoms with E-state index in [1.165, 1.54) is 0 Å². The largest absolute Gasteiger partial charge is 0.395 e. The SMILES string of the molecule is CN(C(=O)Cc1ccc(Cl)c(Cl)c1)[C@H](CN1CC(OC2CCCCO2)C[C@H]1CO)c1ccccc1. The molecule has 2 unspecified atom stereocenters. The Bertz CT molecular complexity index is 971. The number of hydrogen-bond acceptors (Lipinski definition) is 5. The van der Waals surface area contributed by atoms with Gasteiger partial charge in [0.2, 0.25) is 5.91 Å². The molecule has 0 saturated carbocycles. The van der Waals surface area contributed by atoms with Crippen molar-refractivity contribution >= 4 is 29.1 Å². The maximum Gasteiger partial charge on any atom is 0.227 e. The smallest absolute Gasteiger partial charge is 0.227 e. The van der Waals surface area contributed by atoms with Crippen molar-refractivity contribution in [3.8, 4) is 0 Å². The number of rotatable bonds is 9. The molecule has 0 radical (unpaired) electrons. The van der Waals surface area contributed by atoms with E-state index in [2.05, 4.69) is 4.90 Å². The average Bonchev–Trinajstić information content (AvgIpc) is 3.26. The summed E-state index contributed by atoms with van der Waals surface area (Å²) in [5, 5.41) is 11.0. The molecule has 1 amide bonds. The zero-order chi connectivity index (χ0) is 24.8. The number of ether oxygens (including phenoxy) is 2. The molecule has 190 valence electrons. The molecule has 2 fully saturated rings. The molecule has 0 aromatic heterocycles. The summed E-state index contributed by atoms with van der Waals surface area (Å²) in [7, 11) is 1.84. The first kappa shape index (κ1) is 26.4. The Hall–Kier alpha value is -1.67. The van der Waals surface area contributed by atoms with Crippen LogP contribution in [0.4, 0.5) is 0 Å². The number of likely N-dealkylation sites (N-methyl/N-ethyl adjacent to an activating group) is 1. The van der Waals surface area contributed by atoms with Gasteiger partial charge in [0.25, 0.3) is 0 Å². The number of carbonyl (C=O) groups is 1. The minimum absolute atomic E-state index is 0.00360. The summed E-state index contributed by atoms with van der Waals surface area (Å²) in [6, 6.07) is 15.1. The average molecular weight is 521 g/mol. The number of hydrogen-bond donors (Lipinski definition) is 1. The van der Waals surface area contributed by atoms with Crippen LogP contribution in [0.5, 0.6) is 0 Å². The summed E-state index contributed by atoms with van der Waals surface area (Å²) in [5.74, 6) is -0.0135. The van der Waals surface area contributed by atoms with E-state index in [1.54, 1.807) is 17.0 Å². The number of likely N-dealkylation sites (tertiary alicyclic amines) is 1. The Morgan fingerprint density at radius 1 is 1.20 bits per heavy atom. The first-order valence-corrected chi connectivity index (χ1v) is 13.1. The van der Waals surface area contributed by atoms with Gasteiger partial charge in [-0.15, -0.1) is 0 Å². The van der Waals surface area contributed by atoms with Crippen LogP contribution < -0.4 is 0 Å². The monoisotopic (exact) mass is 520 g/mol. The van der Waals surface area contributed by atoms with Crippen molar-refractivity contribution in [2.45, 2.75) is 56.6 Å². The highest BCUT2D eigenvalue weighted by atomic mass is 35.5. The number of amides is 1. The van der Waals surface area contributed by atoms with E-state index >= 15 is 0 Å². The number of aliphatic hydroxyl groups excluding tert-OH is 1. The quantitative estimate of drug-likeness (QED) is 0.518. The Morgan fingerprint density at radius 3 is 2.69 bits per heavy atom. The maximum atomic E-state index is 13.3. The molecule has 2 aliphatic rings. The Balaban J connectivity index is 1.46. The molecule has 6 nitrogen and oxygen atoms in total. The van der Waals surface area contributed by atoms with Crippen molar-refractivity contribution in [2.75, 3.05) is 33.4 Å². The van der Waals surface area contributed by atoms with Crippen molar-refractivity contribution in [1.29, 1.82) is 0 Å². The normalized spacial score (nSPS) is 23.8. The second-order valence-electron chi connectivity index (χ2n) is 9.44. The summed E-state index contributed by atoms with van der Waals surface area (Å²) in [6.07, 6.45) is 3.93. The van der Waals surface area contributed by atoms with Gasteiger partial charge in [0, 0.05) is 32.8 Å². The number of benzene rings is 2. The fourth-order valence-electron chi connectivity index (χ4n) is 4.95. The molecule has 2 aromatic rings. The molecule has 4 rings (SSSR count). The molecule has 4 atom stereocenters. The molecule has 2 aromatic carbocycles. The zero-order valence-corrected chi connectivity index (χ0v) is 21.6. The topological polar surface area (TPSA) is 62.2 Å². The van der Waals surface area contributed by atoms with Gasteiger partial charge in [-0.1, -0.05) is 59.6 Å². The lowest BCUT2D eigenvalue weighted by molar-refractivity contribution is -0.185.